The van der Waals surface area contributed by atoms with Gasteiger partial charge in [-0.2, -0.15) is 5.10 Å². The van der Waals surface area contributed by atoms with Crippen molar-refractivity contribution in [3.8, 4) is 11.3 Å². The molecule has 1 aliphatic carbocycles. The highest BCUT2D eigenvalue weighted by Gasteiger charge is 2.10. The van der Waals surface area contributed by atoms with E-state index in [-0.39, 0.29) is 0 Å². The molecule has 0 bridgehead atoms. The number of anilines is 1. The van der Waals surface area contributed by atoms with Gasteiger partial charge in [0.1, 0.15) is 5.82 Å². The van der Waals surface area contributed by atoms with Gasteiger partial charge in [-0.25, -0.2) is 0 Å². The summed E-state index contributed by atoms with van der Waals surface area (Å²) in [5, 5.41) is 6.95. The molecule has 1 aromatic heterocycles. The summed E-state index contributed by atoms with van der Waals surface area (Å²) < 4.78 is 0. The van der Waals surface area contributed by atoms with Gasteiger partial charge in [0.25, 0.3) is 0 Å². The molecule has 0 aliphatic heterocycles. The largest absolute Gasteiger partial charge is 0.382 e. The summed E-state index contributed by atoms with van der Waals surface area (Å²) in [6.45, 7) is 0. The van der Waals surface area contributed by atoms with Crippen molar-refractivity contribution in [2.24, 2.45) is 0 Å². The molecule has 3 rings (SSSR count). The van der Waals surface area contributed by atoms with Crippen LogP contribution in [-0.4, -0.2) is 10.2 Å². The first-order valence-electron chi connectivity index (χ1n) is 6.26. The average Bonchev–Trinajstić information content (AvgIpc) is 2.64. The van der Waals surface area contributed by atoms with E-state index in [4.69, 9.17) is 5.73 Å². The summed E-state index contributed by atoms with van der Waals surface area (Å²) in [5.74, 6) is 0.551. The van der Waals surface area contributed by atoms with Gasteiger partial charge in [-0.15, -0.1) is 0 Å². The van der Waals surface area contributed by atoms with Crippen LogP contribution in [0.1, 0.15) is 30.4 Å². The van der Waals surface area contributed by atoms with Gasteiger partial charge in [0.15, 0.2) is 0 Å². The monoisotopic (exact) mass is 227 g/mol. The first-order chi connectivity index (χ1) is 8.33. The smallest absolute Gasteiger partial charge is 0.145 e. The maximum Gasteiger partial charge on any atom is 0.145 e. The molecule has 0 saturated carbocycles. The van der Waals surface area contributed by atoms with Gasteiger partial charge >= 0.3 is 0 Å². The zero-order valence-corrected chi connectivity index (χ0v) is 9.87. The molecule has 0 amide bonds. The van der Waals surface area contributed by atoms with Crippen molar-refractivity contribution in [3.63, 3.8) is 0 Å². The van der Waals surface area contributed by atoms with E-state index in [0.717, 1.165) is 5.69 Å². The first-order valence-corrected chi connectivity index (χ1v) is 6.26. The van der Waals surface area contributed by atoms with Crippen LogP contribution in [0.4, 0.5) is 5.82 Å². The minimum absolute atomic E-state index is 0.551. The van der Waals surface area contributed by atoms with Crippen molar-refractivity contribution in [2.75, 3.05) is 5.73 Å². The van der Waals surface area contributed by atoms with E-state index >= 15 is 0 Å². The van der Waals surface area contributed by atoms with E-state index in [0.29, 0.717) is 5.82 Å². The minimum atomic E-state index is 0.551. The second kappa shape index (κ2) is 4.24. The lowest BCUT2D eigenvalue weighted by molar-refractivity contribution is 0.711. The Morgan fingerprint density at radius 2 is 1.82 bits per heavy atom. The van der Waals surface area contributed by atoms with Gasteiger partial charge in [-0.1, -0.05) is 18.6 Å². The summed E-state index contributed by atoms with van der Waals surface area (Å²) >= 11 is 0. The van der Waals surface area contributed by atoms with E-state index in [2.05, 4.69) is 28.4 Å². The Morgan fingerprint density at radius 1 is 1.00 bits per heavy atom. The molecule has 1 aliphatic rings. The Labute approximate surface area is 101 Å². The Balaban J connectivity index is 2.00. The quantitative estimate of drug-likeness (QED) is 0.736. The highest BCUT2D eigenvalue weighted by Crippen LogP contribution is 2.26. The Morgan fingerprint density at radius 3 is 2.59 bits per heavy atom. The number of H-pyrrole nitrogens is 1. The maximum atomic E-state index is 5.64. The Bertz CT molecular complexity index is 528. The fourth-order valence-electron chi connectivity index (χ4n) is 2.56. The molecule has 0 fully saturated rings. The molecule has 3 N–H and O–H groups in total. The highest BCUT2D eigenvalue weighted by atomic mass is 15.2. The molecular formula is C14H17N3. The van der Waals surface area contributed by atoms with Gasteiger partial charge in [-0.3, -0.25) is 5.10 Å². The topological polar surface area (TPSA) is 54.7 Å². The SMILES string of the molecule is Nc1cc(-c2ccc3c(c2)CCCCC3)[nH]n1. The van der Waals surface area contributed by atoms with Gasteiger partial charge in [0.2, 0.25) is 0 Å². The van der Waals surface area contributed by atoms with Crippen molar-refractivity contribution in [1.29, 1.82) is 0 Å². The number of nitrogens with two attached hydrogens (primary N) is 1. The standard InChI is InChI=1S/C14H17N3/c15-14-9-13(16-17-14)12-7-6-10-4-2-1-3-5-11(10)8-12/h6-9H,1-5H2,(H3,15,16,17). The van der Waals surface area contributed by atoms with Gasteiger partial charge in [0, 0.05) is 6.07 Å². The lowest BCUT2D eigenvalue weighted by atomic mass is 9.99. The van der Waals surface area contributed by atoms with Crippen molar-refractivity contribution in [2.45, 2.75) is 32.1 Å². The van der Waals surface area contributed by atoms with E-state index < -0.39 is 0 Å². The number of rotatable bonds is 1. The maximum absolute atomic E-state index is 5.64. The summed E-state index contributed by atoms with van der Waals surface area (Å²) in [6, 6.07) is 8.59. The average molecular weight is 227 g/mol. The van der Waals surface area contributed by atoms with Crippen LogP contribution < -0.4 is 5.73 Å². The Hall–Kier alpha value is -1.77. The summed E-state index contributed by atoms with van der Waals surface area (Å²) in [5.41, 5.74) is 10.8. The van der Waals surface area contributed by atoms with Crippen LogP contribution in [0, 0.1) is 0 Å². The molecule has 17 heavy (non-hydrogen) atoms. The zero-order valence-electron chi connectivity index (χ0n) is 9.87. The van der Waals surface area contributed by atoms with Crippen LogP contribution in [-0.2, 0) is 12.8 Å². The molecule has 88 valence electrons. The fourth-order valence-corrected chi connectivity index (χ4v) is 2.56. The summed E-state index contributed by atoms with van der Waals surface area (Å²) in [7, 11) is 0. The molecule has 1 heterocycles. The van der Waals surface area contributed by atoms with Crippen LogP contribution in [0.3, 0.4) is 0 Å². The Kier molecular flexibility index (Phi) is 2.59. The molecule has 0 atom stereocenters. The number of hydrogen-bond donors (Lipinski definition) is 2. The van der Waals surface area contributed by atoms with E-state index in [1.54, 1.807) is 0 Å². The number of aromatic amines is 1. The number of nitrogens with zero attached hydrogens (tertiary/aromatic N) is 1. The second-order valence-corrected chi connectivity index (χ2v) is 4.75. The van der Waals surface area contributed by atoms with Crippen LogP contribution in [0.2, 0.25) is 0 Å². The van der Waals surface area contributed by atoms with Crippen LogP contribution in [0.25, 0.3) is 11.3 Å². The van der Waals surface area contributed by atoms with Crippen molar-refractivity contribution >= 4 is 5.82 Å². The number of aromatic nitrogens is 2. The number of nitrogens with one attached hydrogen (secondary N) is 1. The van der Waals surface area contributed by atoms with Crippen molar-refractivity contribution in [1.82, 2.24) is 10.2 Å². The number of fused-ring (bicyclic) bond motifs is 1. The second-order valence-electron chi connectivity index (χ2n) is 4.75. The van der Waals surface area contributed by atoms with Crippen LogP contribution >= 0.6 is 0 Å². The molecule has 1 aromatic carbocycles. The third-order valence-electron chi connectivity index (χ3n) is 3.51. The molecule has 2 aromatic rings. The predicted molar refractivity (Wildman–Crippen MR) is 69.7 cm³/mol. The minimum Gasteiger partial charge on any atom is -0.382 e. The summed E-state index contributed by atoms with van der Waals surface area (Å²) in [6.07, 6.45) is 6.40. The fraction of sp³-hybridized carbons (Fsp3) is 0.357. The first kappa shape index (κ1) is 10.4. The third-order valence-corrected chi connectivity index (χ3v) is 3.51. The molecule has 3 nitrogen and oxygen atoms in total. The molecule has 0 radical (unpaired) electrons. The van der Waals surface area contributed by atoms with Crippen LogP contribution in [0.15, 0.2) is 24.3 Å². The van der Waals surface area contributed by atoms with E-state index in [1.165, 1.54) is 48.8 Å². The molecule has 3 heteroatoms. The highest BCUT2D eigenvalue weighted by molar-refractivity contribution is 5.63. The number of aryl methyl sites for hydroxylation is 2. The molecular weight excluding hydrogens is 210 g/mol. The lowest BCUT2D eigenvalue weighted by Crippen LogP contribution is -1.91. The van der Waals surface area contributed by atoms with Crippen LogP contribution in [0.5, 0.6) is 0 Å². The van der Waals surface area contributed by atoms with Crippen molar-refractivity contribution < 1.29 is 0 Å². The van der Waals surface area contributed by atoms with Gasteiger partial charge in [-0.05, 0) is 48.4 Å². The zero-order chi connectivity index (χ0) is 11.7. The van der Waals surface area contributed by atoms with Gasteiger partial charge < -0.3 is 5.73 Å². The lowest BCUT2D eigenvalue weighted by Gasteiger charge is -2.07. The normalized spacial score (nSPS) is 15.3. The predicted octanol–water partition coefficient (Wildman–Crippen LogP) is 2.93. The number of nitrogen functional groups attached to an aromatic ring is 1. The molecule has 0 unspecified atom stereocenters. The third kappa shape index (κ3) is 2.05. The molecule has 0 spiro atoms. The van der Waals surface area contributed by atoms with Crippen molar-refractivity contribution in [3.05, 3.63) is 35.4 Å². The summed E-state index contributed by atoms with van der Waals surface area (Å²) in [4.78, 5) is 0. The number of hydrogen-bond acceptors (Lipinski definition) is 2. The molecule has 0 saturated heterocycles. The van der Waals surface area contributed by atoms with E-state index in [9.17, 15) is 0 Å². The van der Waals surface area contributed by atoms with E-state index in [1.807, 2.05) is 6.07 Å². The number of benzene rings is 1. The van der Waals surface area contributed by atoms with Gasteiger partial charge in [0.05, 0.1) is 5.69 Å².